The summed E-state index contributed by atoms with van der Waals surface area (Å²) in [6.45, 7) is 8.13. The first kappa shape index (κ1) is 22.8. The minimum absolute atomic E-state index is 0.109. The van der Waals surface area contributed by atoms with E-state index in [1.807, 2.05) is 38.1 Å². The number of carbonyl (C=O) groups is 2. The van der Waals surface area contributed by atoms with Crippen molar-refractivity contribution in [3.63, 3.8) is 0 Å². The Morgan fingerprint density at radius 3 is 2.33 bits per heavy atom. The van der Waals surface area contributed by atoms with Gasteiger partial charge in [-0.1, -0.05) is 61.5 Å². The highest BCUT2D eigenvalue weighted by molar-refractivity contribution is 6.13. The second kappa shape index (κ2) is 10.5. The molecule has 0 saturated carbocycles. The highest BCUT2D eigenvalue weighted by Crippen LogP contribution is 2.19. The van der Waals surface area contributed by atoms with Crippen LogP contribution in [0.15, 0.2) is 59.1 Å². The maximum atomic E-state index is 12.9. The number of benzene rings is 2. The van der Waals surface area contributed by atoms with E-state index in [4.69, 9.17) is 4.52 Å². The summed E-state index contributed by atoms with van der Waals surface area (Å²) in [5, 5.41) is 6.94. The van der Waals surface area contributed by atoms with Crippen molar-refractivity contribution >= 4 is 17.4 Å². The van der Waals surface area contributed by atoms with Crippen LogP contribution < -0.4 is 5.32 Å². The Balaban J connectivity index is 1.29. The smallest absolute Gasteiger partial charge is 0.240 e. The highest BCUT2D eigenvalue weighted by Gasteiger charge is 2.22. The van der Waals surface area contributed by atoms with Crippen molar-refractivity contribution in [3.05, 3.63) is 77.4 Å². The van der Waals surface area contributed by atoms with Crippen molar-refractivity contribution in [3.8, 4) is 0 Å². The van der Waals surface area contributed by atoms with Gasteiger partial charge in [-0.05, 0) is 12.1 Å². The van der Waals surface area contributed by atoms with Crippen molar-refractivity contribution in [1.82, 2.24) is 19.9 Å². The summed E-state index contributed by atoms with van der Waals surface area (Å²) in [5.74, 6) is 1.36. The molecule has 0 unspecified atom stereocenters. The van der Waals surface area contributed by atoms with E-state index in [-0.39, 0.29) is 24.2 Å². The molecule has 0 spiro atoms. The number of carbonyl (C=O) groups excluding carboxylic acids is 2. The van der Waals surface area contributed by atoms with Crippen molar-refractivity contribution in [2.24, 2.45) is 0 Å². The number of rotatable bonds is 8. The molecule has 172 valence electrons. The maximum absolute atomic E-state index is 12.9. The van der Waals surface area contributed by atoms with E-state index in [1.165, 1.54) is 0 Å². The van der Waals surface area contributed by atoms with Crippen molar-refractivity contribution in [2.45, 2.75) is 26.3 Å². The number of piperazine rings is 1. The van der Waals surface area contributed by atoms with Crippen LogP contribution in [0, 0.1) is 0 Å². The Bertz CT molecular complexity index is 1090. The quantitative estimate of drug-likeness (QED) is 0.530. The van der Waals surface area contributed by atoms with Crippen LogP contribution in [0.2, 0.25) is 0 Å². The van der Waals surface area contributed by atoms with Gasteiger partial charge in [-0.25, -0.2) is 0 Å². The molecule has 2 heterocycles. The molecule has 0 radical (unpaired) electrons. The van der Waals surface area contributed by atoms with Crippen LogP contribution >= 0.6 is 0 Å². The van der Waals surface area contributed by atoms with Crippen LogP contribution in [-0.2, 0) is 11.3 Å². The summed E-state index contributed by atoms with van der Waals surface area (Å²) in [7, 11) is 0. The molecule has 1 aromatic heterocycles. The van der Waals surface area contributed by atoms with Gasteiger partial charge in [0.05, 0.1) is 18.8 Å². The van der Waals surface area contributed by atoms with Crippen molar-refractivity contribution < 1.29 is 14.1 Å². The van der Waals surface area contributed by atoms with Gasteiger partial charge in [-0.3, -0.25) is 19.4 Å². The lowest BCUT2D eigenvalue weighted by molar-refractivity contribution is -0.117. The van der Waals surface area contributed by atoms with E-state index in [2.05, 4.69) is 25.3 Å². The van der Waals surface area contributed by atoms with Gasteiger partial charge in [0.25, 0.3) is 0 Å². The first-order valence-electron chi connectivity index (χ1n) is 11.3. The van der Waals surface area contributed by atoms with Crippen LogP contribution in [0.5, 0.6) is 0 Å². The molecular weight excluding hydrogens is 418 g/mol. The maximum Gasteiger partial charge on any atom is 0.240 e. The normalized spacial score (nSPS) is 15.0. The van der Waals surface area contributed by atoms with E-state index in [0.717, 1.165) is 32.0 Å². The Labute approximate surface area is 193 Å². The Morgan fingerprint density at radius 2 is 1.64 bits per heavy atom. The standard InChI is InChI=1S/C25H29N5O3/c1-18(2)25-27-23(33-28-25)17-30-14-12-29(13-15-30)16-22(31)26-21-11-7-6-10-20(21)24(32)19-8-4-3-5-9-19/h3-11,18H,12-17H2,1-2H3,(H,26,31). The third kappa shape index (κ3) is 5.91. The van der Waals surface area contributed by atoms with Gasteiger partial charge in [0.15, 0.2) is 11.6 Å². The molecule has 8 nitrogen and oxygen atoms in total. The first-order chi connectivity index (χ1) is 16.0. The Kier molecular flexibility index (Phi) is 7.26. The fourth-order valence-corrected chi connectivity index (χ4v) is 3.79. The van der Waals surface area contributed by atoms with E-state index >= 15 is 0 Å². The molecule has 2 aromatic carbocycles. The molecule has 3 aromatic rings. The van der Waals surface area contributed by atoms with Crippen LogP contribution in [-0.4, -0.2) is 64.4 Å². The second-order valence-corrected chi connectivity index (χ2v) is 8.54. The van der Waals surface area contributed by atoms with E-state index < -0.39 is 0 Å². The molecule has 1 amide bonds. The zero-order valence-electron chi connectivity index (χ0n) is 19.0. The van der Waals surface area contributed by atoms with Crippen LogP contribution in [0.3, 0.4) is 0 Å². The molecule has 1 aliphatic heterocycles. The topological polar surface area (TPSA) is 91.6 Å². The lowest BCUT2D eigenvalue weighted by atomic mass is 10.0. The molecule has 0 atom stereocenters. The third-order valence-electron chi connectivity index (χ3n) is 5.67. The second-order valence-electron chi connectivity index (χ2n) is 8.54. The molecule has 1 fully saturated rings. The number of nitrogens with one attached hydrogen (secondary N) is 1. The third-order valence-corrected chi connectivity index (χ3v) is 5.67. The summed E-state index contributed by atoms with van der Waals surface area (Å²) < 4.78 is 5.34. The molecule has 1 saturated heterocycles. The molecule has 33 heavy (non-hydrogen) atoms. The van der Waals surface area contributed by atoms with E-state index in [0.29, 0.717) is 29.2 Å². The van der Waals surface area contributed by atoms with Gasteiger partial charge in [0.1, 0.15) is 0 Å². The summed E-state index contributed by atoms with van der Waals surface area (Å²) in [6, 6.07) is 16.2. The lowest BCUT2D eigenvalue weighted by Crippen LogP contribution is -2.48. The summed E-state index contributed by atoms with van der Waals surface area (Å²) in [5.41, 5.74) is 1.62. The lowest BCUT2D eigenvalue weighted by Gasteiger charge is -2.33. The Morgan fingerprint density at radius 1 is 0.970 bits per heavy atom. The largest absolute Gasteiger partial charge is 0.338 e. The van der Waals surface area contributed by atoms with E-state index in [9.17, 15) is 9.59 Å². The van der Waals surface area contributed by atoms with Crippen molar-refractivity contribution in [2.75, 3.05) is 38.0 Å². The SMILES string of the molecule is CC(C)c1noc(CN2CCN(CC(=O)Nc3ccccc3C(=O)c3ccccc3)CC2)n1. The molecule has 8 heteroatoms. The highest BCUT2D eigenvalue weighted by atomic mass is 16.5. The van der Waals surface area contributed by atoms with Gasteiger partial charge < -0.3 is 9.84 Å². The average molecular weight is 448 g/mol. The fourth-order valence-electron chi connectivity index (χ4n) is 3.79. The number of hydrogen-bond donors (Lipinski definition) is 1. The molecule has 1 aliphatic rings. The predicted octanol–water partition coefficient (Wildman–Crippen LogP) is 3.18. The number of ketones is 1. The molecule has 0 bridgehead atoms. The van der Waals surface area contributed by atoms with Crippen molar-refractivity contribution in [1.29, 1.82) is 0 Å². The molecule has 0 aliphatic carbocycles. The number of amides is 1. The van der Waals surface area contributed by atoms with Crippen LogP contribution in [0.25, 0.3) is 0 Å². The Hall–Kier alpha value is -3.36. The van der Waals surface area contributed by atoms with Gasteiger partial charge in [0, 0.05) is 43.2 Å². The number of hydrogen-bond acceptors (Lipinski definition) is 7. The molecular formula is C25H29N5O3. The molecule has 4 rings (SSSR count). The first-order valence-corrected chi connectivity index (χ1v) is 11.3. The predicted molar refractivity (Wildman–Crippen MR) is 125 cm³/mol. The fraction of sp³-hybridized carbons (Fsp3) is 0.360. The van der Waals surface area contributed by atoms with Gasteiger partial charge in [0.2, 0.25) is 11.8 Å². The number of nitrogens with zero attached hydrogens (tertiary/aromatic N) is 4. The zero-order valence-corrected chi connectivity index (χ0v) is 19.0. The minimum Gasteiger partial charge on any atom is -0.338 e. The van der Waals surface area contributed by atoms with Crippen LogP contribution in [0.4, 0.5) is 5.69 Å². The molecule has 1 N–H and O–H groups in total. The van der Waals surface area contributed by atoms with E-state index in [1.54, 1.807) is 30.3 Å². The number of para-hydroxylation sites is 1. The summed E-state index contributed by atoms with van der Waals surface area (Å²) >= 11 is 0. The number of aromatic nitrogens is 2. The number of anilines is 1. The van der Waals surface area contributed by atoms with Crippen LogP contribution in [0.1, 0.15) is 47.4 Å². The zero-order chi connectivity index (χ0) is 23.2. The monoisotopic (exact) mass is 447 g/mol. The minimum atomic E-state index is -0.129. The van der Waals surface area contributed by atoms with Gasteiger partial charge >= 0.3 is 0 Å². The summed E-state index contributed by atoms with van der Waals surface area (Å²) in [4.78, 5) is 34.4. The van der Waals surface area contributed by atoms with Gasteiger partial charge in [-0.2, -0.15) is 4.98 Å². The average Bonchev–Trinajstić information content (AvgIpc) is 3.30. The van der Waals surface area contributed by atoms with Gasteiger partial charge in [-0.15, -0.1) is 0 Å². The summed E-state index contributed by atoms with van der Waals surface area (Å²) in [6.07, 6.45) is 0.